The van der Waals surface area contributed by atoms with Crippen LogP contribution in [0.3, 0.4) is 0 Å². The second-order valence-electron chi connectivity index (χ2n) is 8.54. The number of aromatic nitrogens is 1. The van der Waals surface area contributed by atoms with E-state index in [9.17, 15) is 0 Å². The van der Waals surface area contributed by atoms with Crippen molar-refractivity contribution in [3.8, 4) is 22.9 Å². The number of piperidine rings is 1. The molecule has 2 aromatic carbocycles. The number of ether oxygens (including phenoxy) is 1. The Morgan fingerprint density at radius 2 is 1.84 bits per heavy atom. The quantitative estimate of drug-likeness (QED) is 0.387. The second kappa shape index (κ2) is 9.30. The first-order chi connectivity index (χ1) is 15.3. The van der Waals surface area contributed by atoms with Gasteiger partial charge in [-0.15, -0.1) is 4.31 Å². The predicted octanol–water partition coefficient (Wildman–Crippen LogP) is 5.09. The van der Waals surface area contributed by atoms with Crippen molar-refractivity contribution < 1.29 is 4.74 Å². The maximum absolute atomic E-state index is 8.81. The van der Waals surface area contributed by atoms with Crippen molar-refractivity contribution in [2.45, 2.75) is 49.9 Å². The van der Waals surface area contributed by atoms with Gasteiger partial charge in [0.25, 0.3) is 0 Å². The number of nitrogens with zero attached hydrogens (tertiary/aromatic N) is 3. The molecule has 0 radical (unpaired) electrons. The first-order valence-electron chi connectivity index (χ1n) is 11.2. The molecule has 1 aromatic heterocycles. The molecule has 0 bridgehead atoms. The maximum Gasteiger partial charge on any atom is 0.135 e. The minimum atomic E-state index is 0.262. The molecule has 1 aliphatic heterocycles. The Kier molecular flexibility index (Phi) is 6.11. The van der Waals surface area contributed by atoms with Gasteiger partial charge in [-0.3, -0.25) is 4.98 Å². The number of thiol groups is 1. The molecule has 0 unspecified atom stereocenters. The summed E-state index contributed by atoms with van der Waals surface area (Å²) in [6.07, 6.45) is 10.4. The lowest BCUT2D eigenvalue weighted by Crippen LogP contribution is -2.38. The normalized spacial score (nSPS) is 17.5. The van der Waals surface area contributed by atoms with Gasteiger partial charge in [0, 0.05) is 63.0 Å². The molecule has 1 saturated heterocycles. The number of aryl methyl sites for hydroxylation is 1. The smallest absolute Gasteiger partial charge is 0.135 e. The number of hydrogen-bond acceptors (Lipinski definition) is 4. The van der Waals surface area contributed by atoms with Crippen LogP contribution in [0.1, 0.15) is 37.7 Å². The summed E-state index contributed by atoms with van der Waals surface area (Å²) in [5.41, 5.74) is 3.52. The number of benzene rings is 2. The lowest BCUT2D eigenvalue weighted by Gasteiger charge is -2.28. The Balaban J connectivity index is 1.35. The zero-order chi connectivity index (χ0) is 21.0. The molecule has 0 spiro atoms. The summed E-state index contributed by atoms with van der Waals surface area (Å²) in [7, 11) is 0. The summed E-state index contributed by atoms with van der Waals surface area (Å²) < 4.78 is 9.16. The molecular formula is C26H28N3OS+. The molecule has 2 fully saturated rings. The molecule has 158 valence electrons. The topological polar surface area (TPSA) is 49.1 Å². The van der Waals surface area contributed by atoms with Crippen LogP contribution in [-0.4, -0.2) is 33.7 Å². The highest BCUT2D eigenvalue weighted by atomic mass is 32.2. The van der Waals surface area contributed by atoms with Crippen molar-refractivity contribution >= 4 is 22.7 Å². The molecular weight excluding hydrogens is 402 g/mol. The molecule has 0 amide bonds. The van der Waals surface area contributed by atoms with E-state index in [1.807, 2.05) is 12.4 Å². The van der Waals surface area contributed by atoms with Crippen molar-refractivity contribution in [1.29, 1.82) is 5.26 Å². The summed E-state index contributed by atoms with van der Waals surface area (Å²) in [6.45, 7) is 2.26. The molecule has 0 atom stereocenters. The molecule has 4 nitrogen and oxygen atoms in total. The predicted molar refractivity (Wildman–Crippen MR) is 128 cm³/mol. The van der Waals surface area contributed by atoms with Crippen LogP contribution in [0.25, 0.3) is 21.9 Å². The fraction of sp³-hybridized carbons (Fsp3) is 0.385. The Morgan fingerprint density at radius 1 is 1.03 bits per heavy atom. The van der Waals surface area contributed by atoms with Crippen LogP contribution in [0, 0.1) is 11.3 Å². The molecule has 5 rings (SSSR count). The number of nitriles is 1. The van der Waals surface area contributed by atoms with Gasteiger partial charge in [-0.2, -0.15) is 5.26 Å². The van der Waals surface area contributed by atoms with E-state index >= 15 is 0 Å². The van der Waals surface area contributed by atoms with Crippen LogP contribution in [-0.2, 0) is 18.4 Å². The monoisotopic (exact) mass is 430 g/mol. The van der Waals surface area contributed by atoms with Gasteiger partial charge in [0.2, 0.25) is 0 Å². The third-order valence-corrected chi connectivity index (χ3v) is 7.69. The first-order valence-corrected chi connectivity index (χ1v) is 12.2. The molecule has 0 N–H and O–H groups in total. The van der Waals surface area contributed by atoms with Crippen LogP contribution in [0.4, 0.5) is 0 Å². The van der Waals surface area contributed by atoms with Gasteiger partial charge in [-0.05, 0) is 46.7 Å². The lowest BCUT2D eigenvalue weighted by atomic mass is 9.99. The minimum Gasteiger partial charge on any atom is -0.490 e. The first kappa shape index (κ1) is 20.4. The Morgan fingerprint density at radius 3 is 2.58 bits per heavy atom. The Bertz CT molecular complexity index is 1080. The molecule has 1 saturated carbocycles. The molecule has 3 aromatic rings. The standard InChI is InChI=1S/C26H27N3OS/c27-12-1-2-19-3-5-20(6-4-19)22-16-21-9-13-28-18-25(21)26(17-22)30-23-10-14-29(15-11-23)31-24-7-8-24/h3-6,9,13,16-18,23-24H,1-2,7-8,10-11,14-15H2/p+1. The second-order valence-corrected chi connectivity index (χ2v) is 10.1. The van der Waals surface area contributed by atoms with Crippen LogP contribution in [0.15, 0.2) is 54.9 Å². The summed E-state index contributed by atoms with van der Waals surface area (Å²) in [5.74, 6) is 0.937. The summed E-state index contributed by atoms with van der Waals surface area (Å²) in [5, 5.41) is 12.0. The number of rotatable bonds is 7. The van der Waals surface area contributed by atoms with Gasteiger partial charge >= 0.3 is 0 Å². The van der Waals surface area contributed by atoms with E-state index in [2.05, 4.69) is 57.8 Å². The largest absolute Gasteiger partial charge is 0.490 e. The molecule has 1 aliphatic carbocycles. The van der Waals surface area contributed by atoms with E-state index in [4.69, 9.17) is 10.00 Å². The minimum absolute atomic E-state index is 0.262. The van der Waals surface area contributed by atoms with Crippen LogP contribution >= 0.6 is 0 Å². The fourth-order valence-electron chi connectivity index (χ4n) is 4.17. The number of hydrogen-bond donors (Lipinski definition) is 0. The Hall–Kier alpha value is -2.55. The lowest BCUT2D eigenvalue weighted by molar-refractivity contribution is 0.140. The van der Waals surface area contributed by atoms with Crippen molar-refractivity contribution in [1.82, 2.24) is 9.29 Å². The van der Waals surface area contributed by atoms with Gasteiger partial charge in [-0.25, -0.2) is 0 Å². The Labute approximate surface area is 188 Å². The van der Waals surface area contributed by atoms with Gasteiger partial charge in [0.15, 0.2) is 0 Å². The van der Waals surface area contributed by atoms with E-state index in [-0.39, 0.29) is 6.10 Å². The molecule has 31 heavy (non-hydrogen) atoms. The number of fused-ring (bicyclic) bond motifs is 1. The van der Waals surface area contributed by atoms with Gasteiger partial charge in [0.1, 0.15) is 17.1 Å². The molecule has 2 aliphatic rings. The van der Waals surface area contributed by atoms with E-state index in [0.717, 1.165) is 59.7 Å². The average molecular weight is 431 g/mol. The van der Waals surface area contributed by atoms with Crippen molar-refractivity contribution in [3.63, 3.8) is 0 Å². The fourth-order valence-corrected chi connectivity index (χ4v) is 5.47. The zero-order valence-electron chi connectivity index (χ0n) is 17.7. The van der Waals surface area contributed by atoms with E-state index in [1.165, 1.54) is 35.9 Å². The highest BCUT2D eigenvalue weighted by Gasteiger charge is 2.35. The summed E-state index contributed by atoms with van der Waals surface area (Å²) in [6, 6.07) is 17.2. The summed E-state index contributed by atoms with van der Waals surface area (Å²) >= 11 is 1.54. The third-order valence-electron chi connectivity index (χ3n) is 6.12. The molecule has 2 heterocycles. The van der Waals surface area contributed by atoms with E-state index < -0.39 is 0 Å². The zero-order valence-corrected chi connectivity index (χ0v) is 18.6. The van der Waals surface area contributed by atoms with Gasteiger partial charge in [-0.1, -0.05) is 24.3 Å². The summed E-state index contributed by atoms with van der Waals surface area (Å²) in [4.78, 5) is 4.35. The van der Waals surface area contributed by atoms with Crippen LogP contribution < -0.4 is 4.74 Å². The van der Waals surface area contributed by atoms with Crippen LogP contribution in [0.2, 0.25) is 0 Å². The van der Waals surface area contributed by atoms with Gasteiger partial charge < -0.3 is 4.74 Å². The average Bonchev–Trinajstić information content (AvgIpc) is 3.63. The highest BCUT2D eigenvalue weighted by Crippen LogP contribution is 2.34. The third kappa shape index (κ3) is 5.03. The van der Waals surface area contributed by atoms with E-state index in [1.54, 1.807) is 0 Å². The van der Waals surface area contributed by atoms with Gasteiger partial charge in [0.05, 0.1) is 18.0 Å². The van der Waals surface area contributed by atoms with E-state index in [0.29, 0.717) is 6.42 Å². The highest BCUT2D eigenvalue weighted by molar-refractivity contribution is 7.77. The van der Waals surface area contributed by atoms with Crippen molar-refractivity contribution in [2.24, 2.45) is 0 Å². The number of pyridine rings is 1. The molecule has 5 heteroatoms. The van der Waals surface area contributed by atoms with Crippen LogP contribution in [0.5, 0.6) is 5.75 Å². The van der Waals surface area contributed by atoms with Crippen molar-refractivity contribution in [3.05, 3.63) is 60.4 Å². The van der Waals surface area contributed by atoms with Crippen molar-refractivity contribution in [2.75, 3.05) is 13.1 Å². The maximum atomic E-state index is 8.81. The SMILES string of the molecule is N#CCCc1ccc(-c2cc(OC3CCN([SH+]C4CC4)CC3)c3cnccc3c2)cc1.